The number of halogens is 1. The summed E-state index contributed by atoms with van der Waals surface area (Å²) in [5.41, 5.74) is 0.991. The van der Waals surface area contributed by atoms with Crippen molar-refractivity contribution in [3.63, 3.8) is 0 Å². The summed E-state index contributed by atoms with van der Waals surface area (Å²) in [6, 6.07) is 8.02. The maximum Gasteiger partial charge on any atom is 0.227 e. The average Bonchev–Trinajstić information content (AvgIpc) is 2.61. The summed E-state index contributed by atoms with van der Waals surface area (Å²) in [4.78, 5) is 13.5. The van der Waals surface area contributed by atoms with Crippen LogP contribution in [0.15, 0.2) is 36.9 Å². The highest BCUT2D eigenvalue weighted by Gasteiger charge is 2.28. The first-order chi connectivity index (χ1) is 7.20. The van der Waals surface area contributed by atoms with E-state index in [0.29, 0.717) is 12.3 Å². The molecule has 1 heterocycles. The number of carbonyl (C=O) groups excluding carboxylic acids is 1. The van der Waals surface area contributed by atoms with Gasteiger partial charge in [0.15, 0.2) is 0 Å². The lowest BCUT2D eigenvalue weighted by Crippen LogP contribution is -2.24. The third kappa shape index (κ3) is 2.22. The minimum atomic E-state index is 0.195. The summed E-state index contributed by atoms with van der Waals surface area (Å²) in [5, 5.41) is 0. The van der Waals surface area contributed by atoms with E-state index in [1.807, 2.05) is 35.2 Å². The van der Waals surface area contributed by atoms with Gasteiger partial charge in [-0.15, -0.1) is 6.58 Å². The van der Waals surface area contributed by atoms with Crippen molar-refractivity contribution in [2.45, 2.75) is 6.42 Å². The first-order valence-electron chi connectivity index (χ1n) is 4.89. The van der Waals surface area contributed by atoms with Crippen molar-refractivity contribution in [3.05, 3.63) is 40.5 Å². The van der Waals surface area contributed by atoms with E-state index in [1.54, 1.807) is 0 Å². The quantitative estimate of drug-likeness (QED) is 0.607. The molecule has 1 aromatic carbocycles. The van der Waals surface area contributed by atoms with Gasteiger partial charge >= 0.3 is 0 Å². The highest BCUT2D eigenvalue weighted by atomic mass is 127. The lowest BCUT2D eigenvalue weighted by molar-refractivity contribution is -0.117. The van der Waals surface area contributed by atoms with Gasteiger partial charge in [-0.1, -0.05) is 6.08 Å². The number of rotatable bonds is 2. The molecule has 15 heavy (non-hydrogen) atoms. The van der Waals surface area contributed by atoms with E-state index < -0.39 is 0 Å². The van der Waals surface area contributed by atoms with Crippen molar-refractivity contribution >= 4 is 34.2 Å². The van der Waals surface area contributed by atoms with Crippen LogP contribution in [0.1, 0.15) is 6.42 Å². The number of amides is 1. The van der Waals surface area contributed by atoms with Crippen molar-refractivity contribution in [1.82, 2.24) is 0 Å². The minimum Gasteiger partial charge on any atom is -0.312 e. The molecule has 0 aromatic heterocycles. The Morgan fingerprint density at radius 2 is 2.07 bits per heavy atom. The highest BCUT2D eigenvalue weighted by Crippen LogP contribution is 2.25. The zero-order chi connectivity index (χ0) is 10.8. The Labute approximate surface area is 103 Å². The molecule has 0 aliphatic carbocycles. The number of hydrogen-bond donors (Lipinski definition) is 0. The molecule has 1 atom stereocenters. The van der Waals surface area contributed by atoms with Crippen LogP contribution >= 0.6 is 22.6 Å². The van der Waals surface area contributed by atoms with Crippen molar-refractivity contribution in [3.8, 4) is 0 Å². The van der Waals surface area contributed by atoms with Crippen molar-refractivity contribution < 1.29 is 4.79 Å². The number of hydrogen-bond acceptors (Lipinski definition) is 1. The highest BCUT2D eigenvalue weighted by molar-refractivity contribution is 14.1. The first kappa shape index (κ1) is 10.7. The summed E-state index contributed by atoms with van der Waals surface area (Å²) in [6.07, 6.45) is 2.46. The van der Waals surface area contributed by atoms with E-state index in [0.717, 1.165) is 12.2 Å². The summed E-state index contributed by atoms with van der Waals surface area (Å²) < 4.78 is 1.18. The number of nitrogens with zero attached hydrogens (tertiary/aromatic N) is 1. The predicted molar refractivity (Wildman–Crippen MR) is 69.8 cm³/mol. The molecule has 1 amide bonds. The van der Waals surface area contributed by atoms with E-state index in [-0.39, 0.29) is 5.91 Å². The second-order valence-corrected chi connectivity index (χ2v) is 4.93. The molecule has 0 saturated carbocycles. The maximum absolute atomic E-state index is 11.7. The largest absolute Gasteiger partial charge is 0.312 e. The van der Waals surface area contributed by atoms with Gasteiger partial charge in [0, 0.05) is 28.1 Å². The van der Waals surface area contributed by atoms with Crippen LogP contribution in [0.25, 0.3) is 0 Å². The van der Waals surface area contributed by atoms with E-state index in [2.05, 4.69) is 29.2 Å². The molecular formula is C12H12INO. The van der Waals surface area contributed by atoms with Crippen LogP contribution in [0.5, 0.6) is 0 Å². The molecule has 2 rings (SSSR count). The lowest BCUT2D eigenvalue weighted by Gasteiger charge is -2.15. The predicted octanol–water partition coefficient (Wildman–Crippen LogP) is 2.83. The van der Waals surface area contributed by atoms with Gasteiger partial charge in [-0.25, -0.2) is 0 Å². The third-order valence-electron chi connectivity index (χ3n) is 2.63. The minimum absolute atomic E-state index is 0.195. The number of carbonyl (C=O) groups is 1. The van der Waals surface area contributed by atoms with Crippen LogP contribution in [-0.2, 0) is 4.79 Å². The summed E-state index contributed by atoms with van der Waals surface area (Å²) in [5.74, 6) is 0.498. The zero-order valence-corrected chi connectivity index (χ0v) is 10.5. The van der Waals surface area contributed by atoms with Gasteiger partial charge in [-0.2, -0.15) is 0 Å². The fourth-order valence-electron chi connectivity index (χ4n) is 1.76. The van der Waals surface area contributed by atoms with Crippen LogP contribution in [0.3, 0.4) is 0 Å². The zero-order valence-electron chi connectivity index (χ0n) is 8.32. The molecule has 1 aliphatic heterocycles. The van der Waals surface area contributed by atoms with Crippen LogP contribution in [-0.4, -0.2) is 12.5 Å². The Balaban J connectivity index is 2.21. The van der Waals surface area contributed by atoms with E-state index >= 15 is 0 Å². The van der Waals surface area contributed by atoms with Crippen LogP contribution in [0.4, 0.5) is 5.69 Å². The van der Waals surface area contributed by atoms with Gasteiger partial charge < -0.3 is 4.90 Å². The first-order valence-corrected chi connectivity index (χ1v) is 5.97. The van der Waals surface area contributed by atoms with Crippen molar-refractivity contribution in [2.24, 2.45) is 5.92 Å². The van der Waals surface area contributed by atoms with Crippen LogP contribution in [0.2, 0.25) is 0 Å². The molecule has 1 aliphatic rings. The molecule has 0 radical (unpaired) electrons. The summed E-state index contributed by atoms with van der Waals surface area (Å²) in [6.45, 7) is 4.51. The van der Waals surface area contributed by atoms with E-state index in [9.17, 15) is 4.79 Å². The monoisotopic (exact) mass is 313 g/mol. The molecule has 78 valence electrons. The Kier molecular flexibility index (Phi) is 3.09. The Morgan fingerprint density at radius 3 is 2.60 bits per heavy atom. The molecule has 2 nitrogen and oxygen atoms in total. The second kappa shape index (κ2) is 4.35. The molecule has 1 fully saturated rings. The average molecular weight is 313 g/mol. The summed E-state index contributed by atoms with van der Waals surface area (Å²) >= 11 is 2.26. The smallest absolute Gasteiger partial charge is 0.227 e. The Bertz CT molecular complexity index is 385. The number of anilines is 1. The van der Waals surface area contributed by atoms with Crippen molar-refractivity contribution in [1.29, 1.82) is 0 Å². The third-order valence-corrected chi connectivity index (χ3v) is 3.35. The molecule has 1 unspecified atom stereocenters. The molecule has 1 aromatic rings. The molecule has 3 heteroatoms. The van der Waals surface area contributed by atoms with E-state index in [4.69, 9.17) is 0 Å². The molecular weight excluding hydrogens is 301 g/mol. The van der Waals surface area contributed by atoms with Crippen molar-refractivity contribution in [2.75, 3.05) is 11.4 Å². The van der Waals surface area contributed by atoms with Gasteiger partial charge in [0.05, 0.1) is 0 Å². The van der Waals surface area contributed by atoms with Gasteiger partial charge in [0.1, 0.15) is 0 Å². The van der Waals surface area contributed by atoms with Gasteiger partial charge in [-0.3, -0.25) is 4.79 Å². The fraction of sp³-hybridized carbons (Fsp3) is 0.250. The second-order valence-electron chi connectivity index (χ2n) is 3.68. The van der Waals surface area contributed by atoms with Gasteiger partial charge in [0.2, 0.25) is 5.91 Å². The Hall–Kier alpha value is -0.840. The fourth-order valence-corrected chi connectivity index (χ4v) is 2.12. The molecule has 0 bridgehead atoms. The molecule has 0 spiro atoms. The molecule has 0 N–H and O–H groups in total. The summed E-state index contributed by atoms with van der Waals surface area (Å²) in [7, 11) is 0. The molecule has 1 saturated heterocycles. The maximum atomic E-state index is 11.7. The van der Waals surface area contributed by atoms with Gasteiger partial charge in [-0.05, 0) is 46.9 Å². The topological polar surface area (TPSA) is 20.3 Å². The van der Waals surface area contributed by atoms with E-state index in [1.165, 1.54) is 3.57 Å². The number of benzene rings is 1. The standard InChI is InChI=1S/C12H12INO/c1-2-9-7-12(15)14(8-9)11-5-3-10(13)4-6-11/h2-6,9H,1,7-8H2. The normalized spacial score (nSPS) is 20.7. The van der Waals surface area contributed by atoms with Crippen LogP contribution in [0, 0.1) is 9.49 Å². The SMILES string of the molecule is C=CC1CC(=O)N(c2ccc(I)cc2)C1. The van der Waals surface area contributed by atoms with Crippen LogP contribution < -0.4 is 4.90 Å². The Morgan fingerprint density at radius 1 is 1.40 bits per heavy atom. The lowest BCUT2D eigenvalue weighted by atomic mass is 10.1. The van der Waals surface area contributed by atoms with Gasteiger partial charge in [0.25, 0.3) is 0 Å².